The number of hydrogen-bond donors (Lipinski definition) is 0. The molecule has 2 heterocycles. The highest BCUT2D eigenvalue weighted by molar-refractivity contribution is 6.60. The molecule has 0 N–H and O–H groups in total. The van der Waals surface area contributed by atoms with Crippen LogP contribution in [0.5, 0.6) is 0 Å². The molecule has 3 aliphatic carbocycles. The summed E-state index contributed by atoms with van der Waals surface area (Å²) in [5.74, 6) is 1.32. The topological polar surface area (TPSA) is 31.6 Å². The van der Waals surface area contributed by atoms with Crippen LogP contribution in [0.4, 0.5) is 0 Å². The quantitative estimate of drug-likeness (QED) is 0.580. The minimum absolute atomic E-state index is 0.177. The predicted octanol–water partition coefficient (Wildman–Crippen LogP) is 4.85. The highest BCUT2D eigenvalue weighted by atomic mass is 35.5. The number of fused-ring (bicyclic) bond motifs is 1. The molecule has 1 saturated heterocycles. The van der Waals surface area contributed by atoms with E-state index in [4.69, 9.17) is 25.3 Å². The fraction of sp³-hybridized carbons (Fsp3) is 0.600. The van der Waals surface area contributed by atoms with E-state index in [1.807, 2.05) is 24.5 Å². The molecule has 5 atom stereocenters. The Morgan fingerprint density at radius 2 is 2.04 bits per heavy atom. The monoisotopic (exact) mass is 358 g/mol. The standard InChI is InChI=1S/C20H24BClO3/c1-19(2)13-9-16(19)20(3)17(10-13)24-21(25-20)18(22)8-12-11-23-15-7-5-4-6-14(12)15/h4-7,11,13,16-18H,8-10H2,1-3H3/t13?,16?,17?,18?,20-/m0/s1. The molecule has 3 saturated carbocycles. The Labute approximate surface area is 154 Å². The van der Waals surface area contributed by atoms with E-state index in [1.165, 1.54) is 6.42 Å². The van der Waals surface area contributed by atoms with E-state index >= 15 is 0 Å². The molecule has 1 aliphatic heterocycles. The second kappa shape index (κ2) is 5.28. The van der Waals surface area contributed by atoms with Gasteiger partial charge in [-0.25, -0.2) is 0 Å². The van der Waals surface area contributed by atoms with Gasteiger partial charge in [-0.1, -0.05) is 32.0 Å². The second-order valence-corrected chi connectivity index (χ2v) is 9.37. The fourth-order valence-corrected chi connectivity index (χ4v) is 5.83. The SMILES string of the molecule is CC1(C)C2CC3OB(C(Cl)Cc4coc5ccccc45)O[C@@]3(C)C1C2. The number of furan rings is 1. The summed E-state index contributed by atoms with van der Waals surface area (Å²) in [5, 5.41) is 0.905. The summed E-state index contributed by atoms with van der Waals surface area (Å²) >= 11 is 6.75. The molecule has 6 rings (SSSR count). The van der Waals surface area contributed by atoms with Crippen molar-refractivity contribution < 1.29 is 13.7 Å². The van der Waals surface area contributed by atoms with Crippen molar-refractivity contribution in [2.45, 2.75) is 57.0 Å². The molecule has 132 valence electrons. The molecular weight excluding hydrogens is 334 g/mol. The molecular formula is C20H24BClO3. The van der Waals surface area contributed by atoms with Crippen molar-refractivity contribution in [2.75, 3.05) is 0 Å². The van der Waals surface area contributed by atoms with Crippen LogP contribution in [0.1, 0.15) is 39.2 Å². The highest BCUT2D eigenvalue weighted by Crippen LogP contribution is 2.65. The lowest BCUT2D eigenvalue weighted by molar-refractivity contribution is -0.199. The Morgan fingerprint density at radius 3 is 2.84 bits per heavy atom. The van der Waals surface area contributed by atoms with Crippen LogP contribution in [0.25, 0.3) is 11.0 Å². The van der Waals surface area contributed by atoms with Gasteiger partial charge in [0.25, 0.3) is 0 Å². The lowest BCUT2D eigenvalue weighted by Gasteiger charge is -2.64. The van der Waals surface area contributed by atoms with Crippen molar-refractivity contribution in [2.24, 2.45) is 17.3 Å². The van der Waals surface area contributed by atoms with Gasteiger partial charge >= 0.3 is 7.12 Å². The number of alkyl halides is 1. The van der Waals surface area contributed by atoms with E-state index < -0.39 is 0 Å². The molecule has 1 aromatic heterocycles. The van der Waals surface area contributed by atoms with Gasteiger partial charge < -0.3 is 13.7 Å². The third-order valence-electron chi connectivity index (χ3n) is 7.24. The summed E-state index contributed by atoms with van der Waals surface area (Å²) in [5.41, 5.74) is 2.17. The minimum atomic E-state index is -0.347. The average molecular weight is 359 g/mol. The molecule has 25 heavy (non-hydrogen) atoms. The van der Waals surface area contributed by atoms with Crippen molar-refractivity contribution in [3.05, 3.63) is 36.1 Å². The van der Waals surface area contributed by atoms with E-state index in [0.29, 0.717) is 17.8 Å². The van der Waals surface area contributed by atoms with Gasteiger partial charge in [-0.2, -0.15) is 0 Å². The first-order valence-corrected chi connectivity index (χ1v) is 9.75. The van der Waals surface area contributed by atoms with Crippen LogP contribution in [0, 0.1) is 17.3 Å². The molecule has 0 radical (unpaired) electrons. The summed E-state index contributed by atoms with van der Waals surface area (Å²) in [6.45, 7) is 6.98. The average Bonchev–Trinajstić information content (AvgIpc) is 3.15. The first kappa shape index (κ1) is 16.2. The van der Waals surface area contributed by atoms with Crippen LogP contribution in [0.2, 0.25) is 0 Å². The fourth-order valence-electron chi connectivity index (χ4n) is 5.55. The number of halogens is 1. The maximum atomic E-state index is 6.75. The van der Waals surface area contributed by atoms with Gasteiger partial charge in [-0.05, 0) is 55.1 Å². The number of benzene rings is 1. The van der Waals surface area contributed by atoms with Crippen LogP contribution in [-0.2, 0) is 15.7 Å². The van der Waals surface area contributed by atoms with Gasteiger partial charge in [0, 0.05) is 5.39 Å². The largest absolute Gasteiger partial charge is 0.477 e. The maximum Gasteiger partial charge on any atom is 0.477 e. The van der Waals surface area contributed by atoms with E-state index in [-0.39, 0.29) is 24.1 Å². The number of hydrogen-bond acceptors (Lipinski definition) is 3. The Balaban J connectivity index is 1.35. The second-order valence-electron chi connectivity index (χ2n) is 8.81. The number of rotatable bonds is 3. The molecule has 4 fully saturated rings. The zero-order valence-corrected chi connectivity index (χ0v) is 15.8. The van der Waals surface area contributed by atoms with Crippen LogP contribution in [-0.4, -0.2) is 24.1 Å². The summed E-state index contributed by atoms with van der Waals surface area (Å²) in [4.78, 5) is 0. The van der Waals surface area contributed by atoms with Crippen molar-refractivity contribution >= 4 is 29.7 Å². The Kier molecular flexibility index (Phi) is 3.43. The van der Waals surface area contributed by atoms with Gasteiger partial charge in [0.2, 0.25) is 0 Å². The molecule has 5 heteroatoms. The summed E-state index contributed by atoms with van der Waals surface area (Å²) in [7, 11) is -0.347. The molecule has 2 bridgehead atoms. The Hall–Kier alpha value is -0.965. The van der Waals surface area contributed by atoms with E-state index in [1.54, 1.807) is 0 Å². The maximum absolute atomic E-state index is 6.75. The van der Waals surface area contributed by atoms with Crippen molar-refractivity contribution in [3.8, 4) is 0 Å². The van der Waals surface area contributed by atoms with Crippen LogP contribution < -0.4 is 0 Å². The van der Waals surface area contributed by atoms with Crippen LogP contribution in [0.3, 0.4) is 0 Å². The van der Waals surface area contributed by atoms with Gasteiger partial charge in [-0.3, -0.25) is 0 Å². The highest BCUT2D eigenvalue weighted by Gasteiger charge is 2.68. The summed E-state index contributed by atoms with van der Waals surface area (Å²) in [6, 6.07) is 8.07. The Bertz CT molecular complexity index is 818. The summed E-state index contributed by atoms with van der Waals surface area (Å²) in [6.07, 6.45) is 5.02. The molecule has 2 aromatic rings. The van der Waals surface area contributed by atoms with E-state index in [9.17, 15) is 0 Å². The molecule has 0 spiro atoms. The minimum Gasteiger partial charge on any atom is -0.464 e. The van der Waals surface area contributed by atoms with Crippen molar-refractivity contribution in [1.82, 2.24) is 0 Å². The molecule has 4 unspecified atom stereocenters. The zero-order valence-electron chi connectivity index (χ0n) is 15.0. The smallest absolute Gasteiger partial charge is 0.464 e. The van der Waals surface area contributed by atoms with Gasteiger partial charge in [0.05, 0.1) is 23.2 Å². The Morgan fingerprint density at radius 1 is 1.24 bits per heavy atom. The van der Waals surface area contributed by atoms with Gasteiger partial charge in [0.15, 0.2) is 0 Å². The third kappa shape index (κ3) is 2.20. The van der Waals surface area contributed by atoms with Crippen molar-refractivity contribution in [1.29, 1.82) is 0 Å². The van der Waals surface area contributed by atoms with Gasteiger partial charge in [0.1, 0.15) is 5.58 Å². The van der Waals surface area contributed by atoms with E-state index in [2.05, 4.69) is 26.8 Å². The molecule has 4 aliphatic rings. The molecule has 3 nitrogen and oxygen atoms in total. The normalized spacial score (nSPS) is 37.0. The van der Waals surface area contributed by atoms with Crippen LogP contribution in [0.15, 0.2) is 34.9 Å². The third-order valence-corrected chi connectivity index (χ3v) is 7.60. The summed E-state index contributed by atoms with van der Waals surface area (Å²) < 4.78 is 18.4. The zero-order chi connectivity index (χ0) is 17.4. The van der Waals surface area contributed by atoms with Crippen molar-refractivity contribution in [3.63, 3.8) is 0 Å². The molecule has 1 aromatic carbocycles. The molecule has 0 amide bonds. The number of para-hydroxylation sites is 1. The first-order valence-electron chi connectivity index (χ1n) is 9.32. The lowest BCUT2D eigenvalue weighted by atomic mass is 9.43. The first-order chi connectivity index (χ1) is 11.9. The van der Waals surface area contributed by atoms with Crippen LogP contribution >= 0.6 is 11.6 Å². The predicted molar refractivity (Wildman–Crippen MR) is 99.7 cm³/mol. The lowest BCUT2D eigenvalue weighted by Crippen LogP contribution is -2.65. The van der Waals surface area contributed by atoms with E-state index in [0.717, 1.165) is 28.9 Å². The van der Waals surface area contributed by atoms with Gasteiger partial charge in [-0.15, -0.1) is 11.6 Å².